The molecule has 2 N–H and O–H groups in total. The minimum atomic E-state index is -0.620. The number of nitrogens with one attached hydrogen (secondary N) is 2. The predicted molar refractivity (Wildman–Crippen MR) is 57.2 cm³/mol. The number of carbonyl (C=O) groups excluding carboxylic acids is 4. The fraction of sp³-hybridized carbons (Fsp3) is 0.600. The van der Waals surface area contributed by atoms with E-state index in [9.17, 15) is 19.2 Å². The molecule has 0 aliphatic carbocycles. The molecule has 0 radical (unpaired) electrons. The summed E-state index contributed by atoms with van der Waals surface area (Å²) < 4.78 is 9.40. The molecule has 1 rings (SSSR count). The summed E-state index contributed by atoms with van der Waals surface area (Å²) in [6, 6.07) is 0. The van der Waals surface area contributed by atoms with Gasteiger partial charge in [-0.05, 0) is 0 Å². The molecule has 100 valence electrons. The van der Waals surface area contributed by atoms with Crippen LogP contribution in [0.15, 0.2) is 0 Å². The maximum absolute atomic E-state index is 11.2. The second-order valence-electron chi connectivity index (χ2n) is 3.49. The maximum Gasteiger partial charge on any atom is 0.325 e. The van der Waals surface area contributed by atoms with E-state index >= 15 is 0 Å². The molecule has 18 heavy (non-hydrogen) atoms. The van der Waals surface area contributed by atoms with E-state index in [4.69, 9.17) is 9.47 Å². The maximum atomic E-state index is 11.2. The quantitative estimate of drug-likeness (QED) is 0.491. The number of amides is 2. The molecule has 2 amide bonds. The lowest BCUT2D eigenvalue weighted by Crippen LogP contribution is -2.35. The van der Waals surface area contributed by atoms with Crippen molar-refractivity contribution in [2.45, 2.75) is 12.8 Å². The molecule has 0 aromatic carbocycles. The molecule has 0 bridgehead atoms. The second kappa shape index (κ2) is 7.25. The zero-order valence-electron chi connectivity index (χ0n) is 9.69. The van der Waals surface area contributed by atoms with Gasteiger partial charge in [0.25, 0.3) is 0 Å². The standard InChI is InChI=1S/C10H14N2O6/c13-7-1-3-17-9(15)6-12-8(14)2-4-18-10(16)5-11-7/h1-6H2,(H,11,13)(H,12,14). The zero-order chi connectivity index (χ0) is 13.4. The zero-order valence-corrected chi connectivity index (χ0v) is 9.69. The van der Waals surface area contributed by atoms with Crippen LogP contribution in [0.2, 0.25) is 0 Å². The van der Waals surface area contributed by atoms with E-state index in [0.717, 1.165) is 0 Å². The monoisotopic (exact) mass is 258 g/mol. The third-order valence-corrected chi connectivity index (χ3v) is 2.04. The normalized spacial score (nSPS) is 20.0. The van der Waals surface area contributed by atoms with Gasteiger partial charge in [-0.3, -0.25) is 19.2 Å². The molecular formula is C10H14N2O6. The first-order valence-corrected chi connectivity index (χ1v) is 5.42. The summed E-state index contributed by atoms with van der Waals surface area (Å²) >= 11 is 0. The summed E-state index contributed by atoms with van der Waals surface area (Å²) in [6.07, 6.45) is -0.0973. The molecule has 1 aliphatic rings. The topological polar surface area (TPSA) is 111 Å². The molecule has 0 saturated carbocycles. The number of hydrogen-bond donors (Lipinski definition) is 2. The van der Waals surface area contributed by atoms with Gasteiger partial charge in [0.05, 0.1) is 12.8 Å². The fourth-order valence-electron chi connectivity index (χ4n) is 1.14. The highest BCUT2D eigenvalue weighted by Gasteiger charge is 2.12. The minimum Gasteiger partial charge on any atom is -0.464 e. The number of esters is 2. The third kappa shape index (κ3) is 5.83. The Labute approximate surface area is 103 Å². The van der Waals surface area contributed by atoms with Gasteiger partial charge in [-0.2, -0.15) is 0 Å². The van der Waals surface area contributed by atoms with Crippen molar-refractivity contribution in [1.29, 1.82) is 0 Å². The molecule has 8 nitrogen and oxygen atoms in total. The summed E-state index contributed by atoms with van der Waals surface area (Å²) in [5, 5.41) is 4.61. The summed E-state index contributed by atoms with van der Waals surface area (Å²) in [6.45, 7) is -0.742. The lowest BCUT2D eigenvalue weighted by molar-refractivity contribution is -0.148. The average Bonchev–Trinajstić information content (AvgIpc) is 2.33. The SMILES string of the molecule is O=C1CCOC(=O)CNC(=O)CCOC(=O)CN1. The predicted octanol–water partition coefficient (Wildman–Crippen LogP) is -1.90. The van der Waals surface area contributed by atoms with Crippen LogP contribution in [-0.2, 0) is 28.7 Å². The van der Waals surface area contributed by atoms with E-state index in [1.54, 1.807) is 0 Å². The third-order valence-electron chi connectivity index (χ3n) is 2.04. The Bertz CT molecular complexity index is 288. The number of cyclic esters (lactones) is 2. The van der Waals surface area contributed by atoms with Crippen LogP contribution in [0, 0.1) is 0 Å². The summed E-state index contributed by atoms with van der Waals surface area (Å²) in [5.41, 5.74) is 0. The molecule has 0 atom stereocenters. The molecule has 0 aromatic heterocycles. The lowest BCUT2D eigenvalue weighted by atomic mass is 10.4. The molecule has 0 aromatic rings. The van der Waals surface area contributed by atoms with Gasteiger partial charge in [-0.25, -0.2) is 0 Å². The lowest BCUT2D eigenvalue weighted by Gasteiger charge is -2.09. The number of hydrogen-bond acceptors (Lipinski definition) is 6. The van der Waals surface area contributed by atoms with Gasteiger partial charge in [0.15, 0.2) is 0 Å². The molecular weight excluding hydrogens is 244 g/mol. The second-order valence-corrected chi connectivity index (χ2v) is 3.49. The smallest absolute Gasteiger partial charge is 0.325 e. The van der Waals surface area contributed by atoms with Crippen LogP contribution in [-0.4, -0.2) is 50.1 Å². The van der Waals surface area contributed by atoms with Gasteiger partial charge in [0.2, 0.25) is 11.8 Å². The first-order valence-electron chi connectivity index (χ1n) is 5.42. The fourth-order valence-corrected chi connectivity index (χ4v) is 1.14. The Kier molecular flexibility index (Phi) is 5.62. The number of ether oxygens (including phenoxy) is 2. The molecule has 1 aliphatic heterocycles. The Hall–Kier alpha value is -2.12. The van der Waals surface area contributed by atoms with E-state index in [1.807, 2.05) is 0 Å². The molecule has 1 fully saturated rings. The Morgan fingerprint density at radius 1 is 0.722 bits per heavy atom. The van der Waals surface area contributed by atoms with Crippen LogP contribution >= 0.6 is 0 Å². The minimum absolute atomic E-state index is 0.0486. The molecule has 0 spiro atoms. The molecule has 0 unspecified atom stereocenters. The van der Waals surface area contributed by atoms with Crippen molar-refractivity contribution in [3.8, 4) is 0 Å². The van der Waals surface area contributed by atoms with E-state index in [-0.39, 0.29) is 39.1 Å². The van der Waals surface area contributed by atoms with Crippen LogP contribution < -0.4 is 10.6 Å². The van der Waals surface area contributed by atoms with Gasteiger partial charge < -0.3 is 20.1 Å². The van der Waals surface area contributed by atoms with E-state index < -0.39 is 23.8 Å². The van der Waals surface area contributed by atoms with Gasteiger partial charge in [0.1, 0.15) is 26.3 Å². The summed E-state index contributed by atoms with van der Waals surface area (Å²) in [5.74, 6) is -2.07. The van der Waals surface area contributed by atoms with Crippen LogP contribution in [0.25, 0.3) is 0 Å². The first kappa shape index (κ1) is 13.9. The van der Waals surface area contributed by atoms with Crippen LogP contribution in [0.4, 0.5) is 0 Å². The summed E-state index contributed by atoms with van der Waals surface area (Å²) in [4.78, 5) is 44.6. The van der Waals surface area contributed by atoms with Gasteiger partial charge in [-0.1, -0.05) is 0 Å². The number of rotatable bonds is 0. The van der Waals surface area contributed by atoms with E-state index in [1.165, 1.54) is 0 Å². The van der Waals surface area contributed by atoms with Crippen LogP contribution in [0.3, 0.4) is 0 Å². The highest BCUT2D eigenvalue weighted by molar-refractivity contribution is 5.84. The van der Waals surface area contributed by atoms with E-state index in [2.05, 4.69) is 10.6 Å². The van der Waals surface area contributed by atoms with Crippen molar-refractivity contribution < 1.29 is 28.7 Å². The van der Waals surface area contributed by atoms with E-state index in [0.29, 0.717) is 0 Å². The van der Waals surface area contributed by atoms with Crippen molar-refractivity contribution in [2.24, 2.45) is 0 Å². The largest absolute Gasteiger partial charge is 0.464 e. The Morgan fingerprint density at radius 2 is 1.11 bits per heavy atom. The summed E-state index contributed by atoms with van der Waals surface area (Å²) in [7, 11) is 0. The highest BCUT2D eigenvalue weighted by atomic mass is 16.5. The van der Waals surface area contributed by atoms with Crippen molar-refractivity contribution in [3.63, 3.8) is 0 Å². The van der Waals surface area contributed by atoms with Gasteiger partial charge >= 0.3 is 11.9 Å². The van der Waals surface area contributed by atoms with Crippen LogP contribution in [0.5, 0.6) is 0 Å². The number of carbonyl (C=O) groups is 4. The highest BCUT2D eigenvalue weighted by Crippen LogP contribution is 1.89. The Balaban J connectivity index is 2.46. The van der Waals surface area contributed by atoms with Crippen molar-refractivity contribution in [3.05, 3.63) is 0 Å². The van der Waals surface area contributed by atoms with Crippen LogP contribution in [0.1, 0.15) is 12.8 Å². The molecule has 1 heterocycles. The molecule has 8 heteroatoms. The Morgan fingerprint density at radius 3 is 1.50 bits per heavy atom. The van der Waals surface area contributed by atoms with Crippen molar-refractivity contribution >= 4 is 23.8 Å². The van der Waals surface area contributed by atoms with Crippen molar-refractivity contribution in [1.82, 2.24) is 10.6 Å². The van der Waals surface area contributed by atoms with Gasteiger partial charge in [-0.15, -0.1) is 0 Å². The van der Waals surface area contributed by atoms with Gasteiger partial charge in [0, 0.05) is 0 Å². The molecule has 1 saturated heterocycles. The average molecular weight is 258 g/mol. The van der Waals surface area contributed by atoms with Crippen molar-refractivity contribution in [2.75, 3.05) is 26.3 Å². The first-order chi connectivity index (χ1) is 8.58.